The molecule has 1 aliphatic carbocycles. The summed E-state index contributed by atoms with van der Waals surface area (Å²) in [6.45, 7) is 0. The maximum atomic E-state index is 14.5. The quantitative estimate of drug-likeness (QED) is 0.765. The van der Waals surface area contributed by atoms with Crippen molar-refractivity contribution in [2.24, 2.45) is 7.05 Å². The molecule has 0 saturated heterocycles. The molecule has 138 valence electrons. The smallest absolute Gasteiger partial charge is 0.228 e. The molecule has 0 saturated carbocycles. The molecule has 1 aromatic heterocycles. The van der Waals surface area contributed by atoms with Crippen LogP contribution in [0.15, 0.2) is 60.9 Å². The van der Waals surface area contributed by atoms with Crippen LogP contribution in [-0.4, -0.2) is 15.5 Å². The molecular weight excluding hydrogens is 341 g/mol. The standard InChI is InChI=1S/C22H22FN3O/c1-26-14-13-24-21(26)20(18-10-4-5-12-19(18)23)25-22(27)17-11-6-8-15-7-2-3-9-16(15)17/h2-5,7,9-10,12-14,17,20H,6,8,11H2,1H3,(H,25,27)/t17-,20+/m1/s1. The number of benzene rings is 2. The van der Waals surface area contributed by atoms with Crippen molar-refractivity contribution in [2.75, 3.05) is 0 Å². The fraction of sp³-hybridized carbons (Fsp3) is 0.273. The number of carbonyl (C=O) groups excluding carboxylic acids is 1. The van der Waals surface area contributed by atoms with Crippen LogP contribution in [0.2, 0.25) is 0 Å². The minimum Gasteiger partial charge on any atom is -0.341 e. The normalized spacial score (nSPS) is 17.2. The van der Waals surface area contributed by atoms with E-state index in [-0.39, 0.29) is 17.6 Å². The maximum Gasteiger partial charge on any atom is 0.228 e. The number of halogens is 1. The second-order valence-corrected chi connectivity index (χ2v) is 7.00. The first-order valence-corrected chi connectivity index (χ1v) is 9.25. The minimum atomic E-state index is -0.632. The molecule has 4 rings (SSSR count). The SMILES string of the molecule is Cn1ccnc1[C@@H](NC(=O)[C@@H]1CCCc2ccccc21)c1ccccc1F. The van der Waals surface area contributed by atoms with E-state index in [1.165, 1.54) is 11.6 Å². The van der Waals surface area contributed by atoms with Gasteiger partial charge in [0.2, 0.25) is 5.91 Å². The fourth-order valence-corrected chi connectivity index (χ4v) is 3.92. The van der Waals surface area contributed by atoms with E-state index in [1.54, 1.807) is 30.6 Å². The molecule has 1 aliphatic rings. The minimum absolute atomic E-state index is 0.0848. The van der Waals surface area contributed by atoms with Gasteiger partial charge in [-0.1, -0.05) is 42.5 Å². The Morgan fingerprint density at radius 1 is 1.22 bits per heavy atom. The lowest BCUT2D eigenvalue weighted by molar-refractivity contribution is -0.123. The summed E-state index contributed by atoms with van der Waals surface area (Å²) >= 11 is 0. The van der Waals surface area contributed by atoms with Gasteiger partial charge in [0, 0.05) is 25.0 Å². The molecular formula is C22H22FN3O. The van der Waals surface area contributed by atoms with Gasteiger partial charge in [0.05, 0.1) is 5.92 Å². The fourth-order valence-electron chi connectivity index (χ4n) is 3.92. The summed E-state index contributed by atoms with van der Waals surface area (Å²) in [4.78, 5) is 17.5. The zero-order chi connectivity index (χ0) is 18.8. The lowest BCUT2D eigenvalue weighted by Gasteiger charge is -2.27. The summed E-state index contributed by atoms with van der Waals surface area (Å²) in [6, 6.07) is 14.0. The molecule has 2 aromatic carbocycles. The molecule has 5 heteroatoms. The van der Waals surface area contributed by atoms with Crippen LogP contribution in [0.4, 0.5) is 4.39 Å². The summed E-state index contributed by atoms with van der Waals surface area (Å²) < 4.78 is 16.3. The van der Waals surface area contributed by atoms with Crippen molar-refractivity contribution in [1.82, 2.24) is 14.9 Å². The van der Waals surface area contributed by atoms with Gasteiger partial charge in [0.15, 0.2) is 0 Å². The van der Waals surface area contributed by atoms with Gasteiger partial charge in [-0.15, -0.1) is 0 Å². The van der Waals surface area contributed by atoms with E-state index in [1.807, 2.05) is 29.8 Å². The molecule has 0 radical (unpaired) electrons. The van der Waals surface area contributed by atoms with Gasteiger partial charge in [-0.3, -0.25) is 4.79 Å². The van der Waals surface area contributed by atoms with Crippen LogP contribution in [0, 0.1) is 5.82 Å². The predicted octanol–water partition coefficient (Wildman–Crippen LogP) is 3.88. The number of aryl methyl sites for hydroxylation is 2. The van der Waals surface area contributed by atoms with E-state index in [9.17, 15) is 9.18 Å². The van der Waals surface area contributed by atoms with Crippen LogP contribution >= 0.6 is 0 Å². The van der Waals surface area contributed by atoms with Gasteiger partial charge in [0.25, 0.3) is 0 Å². The van der Waals surface area contributed by atoms with Crippen molar-refractivity contribution >= 4 is 5.91 Å². The van der Waals surface area contributed by atoms with Crippen LogP contribution in [0.3, 0.4) is 0 Å². The molecule has 0 unspecified atom stereocenters. The molecule has 4 nitrogen and oxygen atoms in total. The third-order valence-corrected chi connectivity index (χ3v) is 5.31. The number of amides is 1. The first-order chi connectivity index (χ1) is 13.1. The zero-order valence-corrected chi connectivity index (χ0v) is 15.2. The Hall–Kier alpha value is -2.95. The lowest BCUT2D eigenvalue weighted by Crippen LogP contribution is -2.36. The monoisotopic (exact) mass is 363 g/mol. The molecule has 3 aromatic rings. The molecule has 0 fully saturated rings. The highest BCUT2D eigenvalue weighted by molar-refractivity contribution is 5.85. The first kappa shape index (κ1) is 17.5. The number of aromatic nitrogens is 2. The van der Waals surface area contributed by atoms with Crippen LogP contribution < -0.4 is 5.32 Å². The average Bonchev–Trinajstić information content (AvgIpc) is 3.12. The van der Waals surface area contributed by atoms with Gasteiger partial charge in [-0.05, 0) is 36.5 Å². The second kappa shape index (κ2) is 7.35. The number of hydrogen-bond acceptors (Lipinski definition) is 2. The molecule has 0 bridgehead atoms. The van der Waals surface area contributed by atoms with Gasteiger partial charge >= 0.3 is 0 Å². The molecule has 1 amide bonds. The number of nitrogens with zero attached hydrogens (tertiary/aromatic N) is 2. The largest absolute Gasteiger partial charge is 0.341 e. The highest BCUT2D eigenvalue weighted by Crippen LogP contribution is 2.33. The third-order valence-electron chi connectivity index (χ3n) is 5.31. The summed E-state index contributed by atoms with van der Waals surface area (Å²) in [7, 11) is 1.85. The number of fused-ring (bicyclic) bond motifs is 1. The zero-order valence-electron chi connectivity index (χ0n) is 15.2. The molecule has 1 heterocycles. The van der Waals surface area contributed by atoms with E-state index in [0.29, 0.717) is 11.4 Å². The highest BCUT2D eigenvalue weighted by Gasteiger charge is 2.30. The van der Waals surface area contributed by atoms with Crippen molar-refractivity contribution in [3.8, 4) is 0 Å². The Morgan fingerprint density at radius 3 is 2.78 bits per heavy atom. The van der Waals surface area contributed by atoms with Crippen LogP contribution in [0.5, 0.6) is 0 Å². The van der Waals surface area contributed by atoms with E-state index in [2.05, 4.69) is 16.4 Å². The van der Waals surface area contributed by atoms with Crippen molar-refractivity contribution in [2.45, 2.75) is 31.2 Å². The highest BCUT2D eigenvalue weighted by atomic mass is 19.1. The van der Waals surface area contributed by atoms with Gasteiger partial charge in [0.1, 0.15) is 17.7 Å². The number of imidazole rings is 1. The Labute approximate surface area is 158 Å². The summed E-state index contributed by atoms with van der Waals surface area (Å²) in [5.41, 5.74) is 2.72. The van der Waals surface area contributed by atoms with Crippen LogP contribution in [0.1, 0.15) is 47.3 Å². The molecule has 2 atom stereocenters. The molecule has 0 aliphatic heterocycles. The lowest BCUT2D eigenvalue weighted by atomic mass is 9.82. The summed E-state index contributed by atoms with van der Waals surface area (Å²) in [6.07, 6.45) is 6.22. The Morgan fingerprint density at radius 2 is 2.00 bits per heavy atom. The molecule has 1 N–H and O–H groups in total. The Bertz CT molecular complexity index is 965. The second-order valence-electron chi connectivity index (χ2n) is 7.00. The number of rotatable bonds is 4. The topological polar surface area (TPSA) is 46.9 Å². The average molecular weight is 363 g/mol. The Kier molecular flexibility index (Phi) is 4.75. The van der Waals surface area contributed by atoms with Crippen molar-refractivity contribution in [1.29, 1.82) is 0 Å². The summed E-state index contributed by atoms with van der Waals surface area (Å²) in [5.74, 6) is -0.0460. The van der Waals surface area contributed by atoms with Crippen molar-refractivity contribution in [3.63, 3.8) is 0 Å². The van der Waals surface area contributed by atoms with Gasteiger partial charge in [-0.25, -0.2) is 9.37 Å². The van der Waals surface area contributed by atoms with Crippen LogP contribution in [0.25, 0.3) is 0 Å². The molecule has 0 spiro atoms. The summed E-state index contributed by atoms with van der Waals surface area (Å²) in [5, 5.41) is 3.07. The molecule has 27 heavy (non-hydrogen) atoms. The number of nitrogens with one attached hydrogen (secondary N) is 1. The van der Waals surface area contributed by atoms with E-state index in [4.69, 9.17) is 0 Å². The van der Waals surface area contributed by atoms with Crippen molar-refractivity contribution in [3.05, 3.63) is 89.3 Å². The first-order valence-electron chi connectivity index (χ1n) is 9.25. The van der Waals surface area contributed by atoms with E-state index >= 15 is 0 Å². The van der Waals surface area contributed by atoms with Crippen LogP contribution in [-0.2, 0) is 18.3 Å². The number of hydrogen-bond donors (Lipinski definition) is 1. The maximum absolute atomic E-state index is 14.5. The van der Waals surface area contributed by atoms with E-state index < -0.39 is 6.04 Å². The Balaban J connectivity index is 1.68. The number of carbonyl (C=O) groups is 1. The van der Waals surface area contributed by atoms with Gasteiger partial charge in [-0.2, -0.15) is 0 Å². The predicted molar refractivity (Wildman–Crippen MR) is 102 cm³/mol. The van der Waals surface area contributed by atoms with Crippen molar-refractivity contribution < 1.29 is 9.18 Å². The van der Waals surface area contributed by atoms with E-state index in [0.717, 1.165) is 24.8 Å². The third kappa shape index (κ3) is 3.37. The van der Waals surface area contributed by atoms with Gasteiger partial charge < -0.3 is 9.88 Å².